The molecule has 12 heavy (non-hydrogen) atoms. The number of ether oxygens (including phenoxy) is 1. The van der Waals surface area contributed by atoms with E-state index >= 15 is 0 Å². The van der Waals surface area contributed by atoms with Gasteiger partial charge in [-0.2, -0.15) is 0 Å². The molecule has 1 aromatic heterocycles. The highest BCUT2D eigenvalue weighted by Crippen LogP contribution is 2.26. The van der Waals surface area contributed by atoms with Gasteiger partial charge >= 0.3 is 6.36 Å². The molecule has 0 spiro atoms. The van der Waals surface area contributed by atoms with Crippen LogP contribution in [0, 0.1) is 0 Å². The van der Waals surface area contributed by atoms with Gasteiger partial charge in [-0.15, -0.1) is 13.2 Å². The number of hydrogen-bond donors (Lipinski definition) is 0. The second kappa shape index (κ2) is 3.18. The highest BCUT2D eigenvalue weighted by Gasteiger charge is 2.32. The number of pyridine rings is 1. The zero-order valence-corrected chi connectivity index (χ0v) is 6.36. The Morgan fingerprint density at radius 1 is 1.42 bits per heavy atom. The van der Waals surface area contributed by atoms with Crippen molar-refractivity contribution in [3.8, 4) is 5.88 Å². The molecule has 1 aromatic rings. The topological polar surface area (TPSA) is 22.1 Å². The maximum Gasteiger partial charge on any atom is 0.574 e. The fraction of sp³-hybridized carbons (Fsp3) is 0.167. The Bertz CT molecular complexity index is 276. The molecule has 0 amide bonds. The van der Waals surface area contributed by atoms with Crippen LogP contribution in [-0.4, -0.2) is 11.3 Å². The first-order valence-corrected chi connectivity index (χ1v) is 3.23. The molecule has 0 radical (unpaired) electrons. The molecule has 0 unspecified atom stereocenters. The highest BCUT2D eigenvalue weighted by molar-refractivity contribution is 6.31. The van der Waals surface area contributed by atoms with Crippen molar-refractivity contribution >= 4 is 11.6 Å². The van der Waals surface area contributed by atoms with E-state index in [2.05, 4.69) is 9.72 Å². The molecule has 0 atom stereocenters. The van der Waals surface area contributed by atoms with Crippen LogP contribution < -0.4 is 4.74 Å². The van der Waals surface area contributed by atoms with Crippen molar-refractivity contribution in [2.45, 2.75) is 6.36 Å². The number of alkyl halides is 3. The second-order valence-electron chi connectivity index (χ2n) is 1.84. The molecule has 6 heteroatoms. The molecule has 0 saturated carbocycles. The summed E-state index contributed by atoms with van der Waals surface area (Å²) in [6.45, 7) is 0. The Hall–Kier alpha value is -0.970. The number of rotatable bonds is 1. The molecule has 0 aliphatic heterocycles. The molecule has 1 rings (SSSR count). The number of halogens is 4. The third-order valence-electron chi connectivity index (χ3n) is 0.937. The third-order valence-corrected chi connectivity index (χ3v) is 1.22. The van der Waals surface area contributed by atoms with E-state index in [4.69, 9.17) is 11.6 Å². The van der Waals surface area contributed by atoms with Crippen molar-refractivity contribution in [2.75, 3.05) is 0 Å². The average Bonchev–Trinajstić information content (AvgIpc) is 1.91. The van der Waals surface area contributed by atoms with Gasteiger partial charge in [0.1, 0.15) is 5.02 Å². The first kappa shape index (κ1) is 9.12. The van der Waals surface area contributed by atoms with Gasteiger partial charge < -0.3 is 4.74 Å². The molecule has 0 bridgehead atoms. The summed E-state index contributed by atoms with van der Waals surface area (Å²) in [6.07, 6.45) is -3.59. The maximum absolute atomic E-state index is 11.6. The SMILES string of the molecule is FC(F)(F)Oc1ncccc1Cl. The van der Waals surface area contributed by atoms with Crippen LogP contribution in [0.5, 0.6) is 5.88 Å². The molecule has 1 heterocycles. The quantitative estimate of drug-likeness (QED) is 0.691. The van der Waals surface area contributed by atoms with Gasteiger partial charge in [0.25, 0.3) is 0 Å². The van der Waals surface area contributed by atoms with Crippen molar-refractivity contribution in [3.63, 3.8) is 0 Å². The number of hydrogen-bond acceptors (Lipinski definition) is 2. The monoisotopic (exact) mass is 197 g/mol. The zero-order chi connectivity index (χ0) is 9.19. The zero-order valence-electron chi connectivity index (χ0n) is 5.60. The minimum absolute atomic E-state index is 0.171. The second-order valence-corrected chi connectivity index (χ2v) is 2.25. The van der Waals surface area contributed by atoms with E-state index in [0.29, 0.717) is 0 Å². The van der Waals surface area contributed by atoms with Gasteiger partial charge in [-0.1, -0.05) is 11.6 Å². The van der Waals surface area contributed by atoms with Crippen molar-refractivity contribution < 1.29 is 17.9 Å². The summed E-state index contributed by atoms with van der Waals surface area (Å²) in [6, 6.07) is 2.67. The van der Waals surface area contributed by atoms with Crippen LogP contribution in [0.2, 0.25) is 5.02 Å². The van der Waals surface area contributed by atoms with Crippen molar-refractivity contribution in [1.29, 1.82) is 0 Å². The maximum atomic E-state index is 11.6. The van der Waals surface area contributed by atoms with Gasteiger partial charge in [0, 0.05) is 6.20 Å². The predicted molar refractivity (Wildman–Crippen MR) is 35.9 cm³/mol. The Labute approximate surface area is 70.9 Å². The minimum Gasteiger partial charge on any atom is -0.386 e. The molecule has 0 aliphatic rings. The van der Waals surface area contributed by atoms with Crippen molar-refractivity contribution in [2.24, 2.45) is 0 Å². The first-order chi connectivity index (χ1) is 5.49. The molecular formula is C6H3ClF3NO. The molecule has 0 aliphatic carbocycles. The van der Waals surface area contributed by atoms with Gasteiger partial charge in [0.15, 0.2) is 0 Å². The highest BCUT2D eigenvalue weighted by atomic mass is 35.5. The largest absolute Gasteiger partial charge is 0.574 e. The summed E-state index contributed by atoms with van der Waals surface area (Å²) in [5.41, 5.74) is 0. The smallest absolute Gasteiger partial charge is 0.386 e. The minimum atomic E-state index is -4.75. The van der Waals surface area contributed by atoms with Crippen molar-refractivity contribution in [3.05, 3.63) is 23.4 Å². The lowest BCUT2D eigenvalue weighted by Gasteiger charge is -2.07. The van der Waals surface area contributed by atoms with Crippen LogP contribution >= 0.6 is 11.6 Å². The average molecular weight is 198 g/mol. The van der Waals surface area contributed by atoms with Crippen LogP contribution in [0.15, 0.2) is 18.3 Å². The standard InChI is InChI=1S/C6H3ClF3NO/c7-4-2-1-3-11-5(4)12-6(8,9)10/h1-3H. The molecule has 2 nitrogen and oxygen atoms in total. The van der Waals surface area contributed by atoms with E-state index in [9.17, 15) is 13.2 Å². The summed E-state index contributed by atoms with van der Waals surface area (Å²) in [7, 11) is 0. The number of aromatic nitrogens is 1. The Kier molecular flexibility index (Phi) is 2.42. The molecule has 0 saturated heterocycles. The summed E-state index contributed by atoms with van der Waals surface area (Å²) < 4.78 is 38.3. The summed E-state index contributed by atoms with van der Waals surface area (Å²) in [5, 5.41) is -0.171. The van der Waals surface area contributed by atoms with Gasteiger partial charge in [0.05, 0.1) is 0 Å². The number of nitrogens with zero attached hydrogens (tertiary/aromatic N) is 1. The van der Waals surface area contributed by atoms with E-state index in [-0.39, 0.29) is 5.02 Å². The summed E-state index contributed by atoms with van der Waals surface area (Å²) in [4.78, 5) is 3.29. The Balaban J connectivity index is 2.83. The lowest BCUT2D eigenvalue weighted by atomic mass is 10.5. The lowest BCUT2D eigenvalue weighted by molar-refractivity contribution is -0.276. The van der Waals surface area contributed by atoms with Gasteiger partial charge in [-0.25, -0.2) is 4.98 Å². The molecular weight excluding hydrogens is 195 g/mol. The molecule has 0 N–H and O–H groups in total. The summed E-state index contributed by atoms with van der Waals surface area (Å²) in [5.74, 6) is -0.633. The van der Waals surface area contributed by atoms with Crippen LogP contribution in [-0.2, 0) is 0 Å². The van der Waals surface area contributed by atoms with E-state index in [1.807, 2.05) is 0 Å². The van der Waals surface area contributed by atoms with Crippen LogP contribution in [0.25, 0.3) is 0 Å². The first-order valence-electron chi connectivity index (χ1n) is 2.85. The van der Waals surface area contributed by atoms with Crippen molar-refractivity contribution in [1.82, 2.24) is 4.98 Å². The van der Waals surface area contributed by atoms with E-state index in [0.717, 1.165) is 6.20 Å². The molecule has 0 fully saturated rings. The Morgan fingerprint density at radius 3 is 2.58 bits per heavy atom. The van der Waals surface area contributed by atoms with Crippen LogP contribution in [0.4, 0.5) is 13.2 Å². The lowest BCUT2D eigenvalue weighted by Crippen LogP contribution is -2.18. The normalized spacial score (nSPS) is 11.3. The predicted octanol–water partition coefficient (Wildman–Crippen LogP) is 2.63. The van der Waals surface area contributed by atoms with Crippen LogP contribution in [0.1, 0.15) is 0 Å². The fourth-order valence-electron chi connectivity index (χ4n) is 0.556. The third kappa shape index (κ3) is 2.58. The fourth-order valence-corrected chi connectivity index (χ4v) is 0.716. The van der Waals surface area contributed by atoms with E-state index in [1.54, 1.807) is 0 Å². The van der Waals surface area contributed by atoms with Crippen LogP contribution in [0.3, 0.4) is 0 Å². The summed E-state index contributed by atoms with van der Waals surface area (Å²) >= 11 is 5.34. The van der Waals surface area contributed by atoms with Gasteiger partial charge in [-0.3, -0.25) is 0 Å². The van der Waals surface area contributed by atoms with Gasteiger partial charge in [0.2, 0.25) is 5.88 Å². The van der Waals surface area contributed by atoms with Gasteiger partial charge in [-0.05, 0) is 12.1 Å². The Morgan fingerprint density at radius 2 is 2.08 bits per heavy atom. The van der Waals surface area contributed by atoms with E-state index in [1.165, 1.54) is 12.1 Å². The van der Waals surface area contributed by atoms with E-state index < -0.39 is 12.2 Å². The molecule has 0 aromatic carbocycles. The molecule has 66 valence electrons.